The molecule has 0 aliphatic carbocycles. The van der Waals surface area contributed by atoms with Gasteiger partial charge in [0, 0.05) is 35.9 Å². The summed E-state index contributed by atoms with van der Waals surface area (Å²) in [5, 5.41) is 14.9. The van der Waals surface area contributed by atoms with Gasteiger partial charge in [0.1, 0.15) is 30.2 Å². The summed E-state index contributed by atoms with van der Waals surface area (Å²) in [4.78, 5) is 83.3. The number of methoxy groups -OCH3 is 1. The zero-order chi connectivity index (χ0) is 34.6. The van der Waals surface area contributed by atoms with Crippen LogP contribution in [0.4, 0.5) is 0 Å². The Morgan fingerprint density at radius 3 is 2.17 bits per heavy atom. The number of amides is 5. The van der Waals surface area contributed by atoms with Crippen molar-refractivity contribution in [1.29, 1.82) is 0 Å². The lowest BCUT2D eigenvalue weighted by atomic mass is 9.81. The second-order valence-corrected chi connectivity index (χ2v) is 13.4. The molecule has 4 heterocycles. The van der Waals surface area contributed by atoms with Gasteiger partial charge in [-0.15, -0.1) is 0 Å². The van der Waals surface area contributed by atoms with Crippen LogP contribution in [0.1, 0.15) is 77.8 Å². The number of fused-ring (bicyclic) bond motifs is 12. The lowest BCUT2D eigenvalue weighted by Gasteiger charge is -2.34. The summed E-state index contributed by atoms with van der Waals surface area (Å²) in [5.74, 6) is -4.40. The Bertz CT molecular complexity index is 1520. The molecular formula is C34H48N6O7. The first-order valence-corrected chi connectivity index (χ1v) is 16.4. The topological polar surface area (TPSA) is 188 Å². The van der Waals surface area contributed by atoms with Gasteiger partial charge in [-0.05, 0) is 41.4 Å². The average Bonchev–Trinajstić information content (AvgIpc) is 3.65. The quantitative estimate of drug-likeness (QED) is 0.193. The van der Waals surface area contributed by atoms with E-state index in [2.05, 4.69) is 31.6 Å². The van der Waals surface area contributed by atoms with Crippen molar-refractivity contribution in [2.24, 2.45) is 17.8 Å². The van der Waals surface area contributed by atoms with Crippen LogP contribution in [0.15, 0.2) is 24.4 Å². The molecule has 3 aliphatic heterocycles. The summed E-state index contributed by atoms with van der Waals surface area (Å²) in [6, 6.07) is 0.708. The van der Waals surface area contributed by atoms with E-state index in [0.29, 0.717) is 12.8 Å². The van der Waals surface area contributed by atoms with Gasteiger partial charge in [-0.1, -0.05) is 60.1 Å². The van der Waals surface area contributed by atoms with Crippen LogP contribution >= 0.6 is 0 Å². The number of aromatic nitrogens is 1. The highest BCUT2D eigenvalue weighted by Gasteiger charge is 2.40. The van der Waals surface area contributed by atoms with E-state index in [1.165, 1.54) is 7.11 Å². The number of benzene rings is 1. The molecule has 4 bridgehead atoms. The number of carbonyl (C=O) groups excluding carboxylic acids is 6. The van der Waals surface area contributed by atoms with Crippen molar-refractivity contribution in [2.45, 2.75) is 103 Å². The normalized spacial score (nSPS) is 26.5. The fourth-order valence-electron chi connectivity index (χ4n) is 6.47. The zero-order valence-electron chi connectivity index (χ0n) is 28.2. The van der Waals surface area contributed by atoms with E-state index in [1.807, 2.05) is 45.9 Å². The molecule has 1 aromatic carbocycles. The van der Waals surface area contributed by atoms with Crippen molar-refractivity contribution in [1.82, 2.24) is 31.6 Å². The number of carbonyl (C=O) groups is 6. The minimum atomic E-state index is -1.10. The van der Waals surface area contributed by atoms with E-state index in [0.717, 1.165) is 22.0 Å². The first-order valence-electron chi connectivity index (χ1n) is 16.4. The molecule has 2 aromatic rings. The molecule has 13 nitrogen and oxygen atoms in total. The molecule has 1 saturated heterocycles. The molecule has 256 valence electrons. The minimum Gasteiger partial charge on any atom is -0.467 e. The lowest BCUT2D eigenvalue weighted by Crippen LogP contribution is -2.61. The Kier molecular flexibility index (Phi) is 11.3. The van der Waals surface area contributed by atoms with Crippen molar-refractivity contribution < 1.29 is 33.5 Å². The predicted octanol–water partition coefficient (Wildman–Crippen LogP) is 1.56. The van der Waals surface area contributed by atoms with Crippen LogP contribution in [0, 0.1) is 17.8 Å². The number of hydrogen-bond acceptors (Lipinski definition) is 7. The first-order chi connectivity index (χ1) is 22.2. The van der Waals surface area contributed by atoms with Gasteiger partial charge in [0.2, 0.25) is 29.5 Å². The molecule has 6 N–H and O–H groups in total. The van der Waals surface area contributed by atoms with Crippen LogP contribution in [0.25, 0.3) is 10.9 Å². The van der Waals surface area contributed by atoms with Gasteiger partial charge < -0.3 is 36.3 Å². The maximum atomic E-state index is 14.3. The van der Waals surface area contributed by atoms with Crippen LogP contribution in [-0.4, -0.2) is 77.8 Å². The van der Waals surface area contributed by atoms with Gasteiger partial charge in [-0.2, -0.15) is 0 Å². The second-order valence-electron chi connectivity index (χ2n) is 13.4. The number of aromatic amines is 1. The van der Waals surface area contributed by atoms with Gasteiger partial charge in [0.15, 0.2) is 0 Å². The largest absolute Gasteiger partial charge is 0.467 e. The minimum absolute atomic E-state index is 0.130. The molecule has 1 aromatic heterocycles. The number of rotatable bonds is 7. The summed E-state index contributed by atoms with van der Waals surface area (Å²) >= 11 is 0. The summed E-state index contributed by atoms with van der Waals surface area (Å²) < 4.78 is 5.02. The molecule has 0 radical (unpaired) electrons. The Hall–Kier alpha value is -4.42. The van der Waals surface area contributed by atoms with Crippen LogP contribution in [0.5, 0.6) is 0 Å². The van der Waals surface area contributed by atoms with Crippen LogP contribution in [-0.2, 0) is 39.9 Å². The highest BCUT2D eigenvalue weighted by atomic mass is 16.5. The van der Waals surface area contributed by atoms with E-state index in [4.69, 9.17) is 4.74 Å². The zero-order valence-corrected chi connectivity index (χ0v) is 28.2. The highest BCUT2D eigenvalue weighted by molar-refractivity contribution is 5.97. The van der Waals surface area contributed by atoms with Gasteiger partial charge >= 0.3 is 5.97 Å². The molecule has 5 amide bonds. The molecule has 3 aliphatic rings. The summed E-state index contributed by atoms with van der Waals surface area (Å²) in [6.07, 6.45) is 2.95. The Labute approximate surface area is 275 Å². The van der Waals surface area contributed by atoms with E-state index in [9.17, 15) is 28.8 Å². The summed E-state index contributed by atoms with van der Waals surface area (Å²) in [6.45, 7) is 11.2. The molecule has 7 atom stereocenters. The van der Waals surface area contributed by atoms with E-state index >= 15 is 0 Å². The van der Waals surface area contributed by atoms with E-state index in [-0.39, 0.29) is 36.5 Å². The third-order valence-electron chi connectivity index (χ3n) is 9.41. The Morgan fingerprint density at radius 2 is 1.57 bits per heavy atom. The lowest BCUT2D eigenvalue weighted by molar-refractivity contribution is -0.145. The number of nitrogens with one attached hydrogen (secondary N) is 6. The number of esters is 1. The van der Waals surface area contributed by atoms with Gasteiger partial charge in [0.05, 0.1) is 7.11 Å². The fraction of sp³-hybridized carbons (Fsp3) is 0.588. The van der Waals surface area contributed by atoms with Gasteiger partial charge in [-0.3, -0.25) is 24.0 Å². The molecule has 47 heavy (non-hydrogen) atoms. The fourth-order valence-corrected chi connectivity index (χ4v) is 6.47. The van der Waals surface area contributed by atoms with Gasteiger partial charge in [-0.25, -0.2) is 4.79 Å². The number of hydrogen-bond donors (Lipinski definition) is 6. The Morgan fingerprint density at radius 1 is 0.894 bits per heavy atom. The smallest absolute Gasteiger partial charge is 0.328 e. The predicted molar refractivity (Wildman–Crippen MR) is 175 cm³/mol. The number of H-pyrrole nitrogens is 1. The van der Waals surface area contributed by atoms with Crippen molar-refractivity contribution in [3.8, 4) is 0 Å². The van der Waals surface area contributed by atoms with Crippen LogP contribution in [0.3, 0.4) is 0 Å². The third kappa shape index (κ3) is 7.94. The first kappa shape index (κ1) is 35.4. The van der Waals surface area contributed by atoms with Gasteiger partial charge in [0.25, 0.3) is 0 Å². The Balaban J connectivity index is 1.86. The molecule has 13 heteroatoms. The van der Waals surface area contributed by atoms with Crippen LogP contribution in [0.2, 0.25) is 0 Å². The summed E-state index contributed by atoms with van der Waals surface area (Å²) in [7, 11) is 1.25. The van der Waals surface area contributed by atoms with E-state index < -0.39 is 65.7 Å². The van der Waals surface area contributed by atoms with Crippen molar-refractivity contribution in [3.05, 3.63) is 35.5 Å². The maximum Gasteiger partial charge on any atom is 0.328 e. The van der Waals surface area contributed by atoms with E-state index in [1.54, 1.807) is 20.0 Å². The summed E-state index contributed by atoms with van der Waals surface area (Å²) in [5.41, 5.74) is 2.27. The molecular weight excluding hydrogens is 604 g/mol. The standard InChI is InChI=1S/C34H48N6O7/c1-8-18(6)28-32(44)38-27(17(4)5)31(43)37-24(34(46)47-7)14-20-15-35-23-13-19(9-10-21(20)23)26(16(2)3)29(33(45)39-28)40-30(42)22-11-12-25(41)36-22/h9-10,13,15-18,22,24,26-29,35H,8,11-12,14H2,1-7H3,(H,36,41)(H,37,43)(H,38,44)(H,39,45)(H,40,42)/t18-,22-,24-,26+,27-,28-,29-/m0/s1. The monoisotopic (exact) mass is 652 g/mol. The molecule has 0 unspecified atom stereocenters. The molecule has 5 rings (SSSR count). The molecule has 0 spiro atoms. The van der Waals surface area contributed by atoms with Crippen molar-refractivity contribution >= 4 is 46.4 Å². The van der Waals surface area contributed by atoms with Crippen molar-refractivity contribution in [3.63, 3.8) is 0 Å². The maximum absolute atomic E-state index is 14.3. The van der Waals surface area contributed by atoms with Crippen LogP contribution < -0.4 is 26.6 Å². The highest BCUT2D eigenvalue weighted by Crippen LogP contribution is 2.32. The molecule has 1 fully saturated rings. The number of ether oxygens (including phenoxy) is 1. The third-order valence-corrected chi connectivity index (χ3v) is 9.41. The SMILES string of the molecule is CC[C@H](C)[C@@H]1NC(=O)[C@@H](NC(=O)[C@@H]2CCC(=O)N2)[C@H](C(C)C)c2ccc3c(c[nH]c3c2)C[C@@H](C(=O)OC)NC(=O)[C@H](C(C)C)NC1=O. The average molecular weight is 653 g/mol. The second kappa shape index (κ2) is 15.0. The van der Waals surface area contributed by atoms with Crippen molar-refractivity contribution in [2.75, 3.05) is 7.11 Å². The molecule has 0 saturated carbocycles.